The summed E-state index contributed by atoms with van der Waals surface area (Å²) in [5.41, 5.74) is 2.13. The molecule has 1 aliphatic rings. The monoisotopic (exact) mass is 344 g/mol. The molecule has 0 spiro atoms. The smallest absolute Gasteiger partial charge is 0.160 e. The molecule has 25 heavy (non-hydrogen) atoms. The molecule has 2 aromatic rings. The molecule has 0 saturated carbocycles. The zero-order valence-electron chi connectivity index (χ0n) is 14.8. The first kappa shape index (κ1) is 17.6. The topological polar surface area (TPSA) is 57.2 Å². The zero-order valence-corrected chi connectivity index (χ0v) is 14.8. The molecule has 0 unspecified atom stereocenters. The SMILES string of the molecule is COc1ccc([C@H]2C[C@@H](c3ccc(OC)c(O)c3)[C@H](OC)CO2)cc1. The van der Waals surface area contributed by atoms with Crippen LogP contribution in [0.5, 0.6) is 17.2 Å². The fourth-order valence-electron chi connectivity index (χ4n) is 3.35. The van der Waals surface area contributed by atoms with E-state index in [0.717, 1.165) is 23.3 Å². The molecule has 5 heteroatoms. The largest absolute Gasteiger partial charge is 0.504 e. The molecule has 0 aromatic heterocycles. The summed E-state index contributed by atoms with van der Waals surface area (Å²) in [6.07, 6.45) is 0.699. The number of ether oxygens (including phenoxy) is 4. The van der Waals surface area contributed by atoms with Crippen molar-refractivity contribution in [2.75, 3.05) is 27.9 Å². The normalized spacial score (nSPS) is 23.2. The minimum atomic E-state index is -0.0534. The van der Waals surface area contributed by atoms with Gasteiger partial charge in [-0.1, -0.05) is 18.2 Å². The van der Waals surface area contributed by atoms with E-state index in [0.29, 0.717) is 12.4 Å². The number of benzene rings is 2. The fraction of sp³-hybridized carbons (Fsp3) is 0.400. The standard InChI is InChI=1S/C20H24O5/c1-22-15-7-4-13(5-8-15)19-11-16(20(24-3)12-25-19)14-6-9-18(23-2)17(21)10-14/h4-10,16,19-21H,11-12H2,1-3H3/t16-,19+,20+/m0/s1. The van der Waals surface area contributed by atoms with Crippen molar-refractivity contribution in [2.45, 2.75) is 24.5 Å². The maximum absolute atomic E-state index is 10.1. The van der Waals surface area contributed by atoms with Gasteiger partial charge in [0.25, 0.3) is 0 Å². The number of aromatic hydroxyl groups is 1. The number of rotatable bonds is 5. The first-order valence-electron chi connectivity index (χ1n) is 8.31. The highest BCUT2D eigenvalue weighted by Gasteiger charge is 2.33. The van der Waals surface area contributed by atoms with Gasteiger partial charge < -0.3 is 24.1 Å². The Morgan fingerprint density at radius 2 is 1.68 bits per heavy atom. The van der Waals surface area contributed by atoms with Crippen molar-refractivity contribution in [3.63, 3.8) is 0 Å². The third-order valence-electron chi connectivity index (χ3n) is 4.80. The molecule has 1 N–H and O–H groups in total. The molecular weight excluding hydrogens is 320 g/mol. The highest BCUT2D eigenvalue weighted by atomic mass is 16.5. The molecule has 1 fully saturated rings. The Balaban J connectivity index is 1.84. The molecule has 5 nitrogen and oxygen atoms in total. The van der Waals surface area contributed by atoms with Gasteiger partial charge in [0.1, 0.15) is 5.75 Å². The first-order chi connectivity index (χ1) is 12.2. The minimum absolute atomic E-state index is 0.0217. The second-order valence-electron chi connectivity index (χ2n) is 6.14. The van der Waals surface area contributed by atoms with Crippen molar-refractivity contribution >= 4 is 0 Å². The molecule has 3 rings (SSSR count). The molecule has 0 radical (unpaired) electrons. The summed E-state index contributed by atoms with van der Waals surface area (Å²) in [6, 6.07) is 13.5. The molecule has 3 atom stereocenters. The van der Waals surface area contributed by atoms with Crippen LogP contribution in [-0.2, 0) is 9.47 Å². The molecule has 1 aliphatic heterocycles. The Morgan fingerprint density at radius 1 is 0.960 bits per heavy atom. The van der Waals surface area contributed by atoms with E-state index in [1.165, 1.54) is 0 Å². The van der Waals surface area contributed by atoms with Crippen molar-refractivity contribution in [3.05, 3.63) is 53.6 Å². The molecule has 1 heterocycles. The van der Waals surface area contributed by atoms with E-state index >= 15 is 0 Å². The highest BCUT2D eigenvalue weighted by Crippen LogP contribution is 2.41. The van der Waals surface area contributed by atoms with Crippen molar-refractivity contribution in [3.8, 4) is 17.2 Å². The number of phenolic OH excluding ortho intramolecular Hbond substituents is 1. The predicted octanol–water partition coefficient (Wildman–Crippen LogP) is 3.67. The third kappa shape index (κ3) is 3.72. The van der Waals surface area contributed by atoms with Gasteiger partial charge in [0.2, 0.25) is 0 Å². The summed E-state index contributed by atoms with van der Waals surface area (Å²) < 4.78 is 22.0. The van der Waals surface area contributed by atoms with Crippen LogP contribution < -0.4 is 9.47 Å². The van der Waals surface area contributed by atoms with Gasteiger partial charge in [-0.3, -0.25) is 0 Å². The Bertz CT molecular complexity index is 698. The molecule has 134 valence electrons. The van der Waals surface area contributed by atoms with Crippen LogP contribution in [0.25, 0.3) is 0 Å². The van der Waals surface area contributed by atoms with E-state index in [2.05, 4.69) is 0 Å². The van der Waals surface area contributed by atoms with Gasteiger partial charge in [0.15, 0.2) is 11.5 Å². The van der Waals surface area contributed by atoms with Gasteiger partial charge in [0, 0.05) is 13.0 Å². The molecule has 1 saturated heterocycles. The van der Waals surface area contributed by atoms with Crippen LogP contribution in [0.4, 0.5) is 0 Å². The zero-order chi connectivity index (χ0) is 17.8. The van der Waals surface area contributed by atoms with Gasteiger partial charge in [-0.15, -0.1) is 0 Å². The van der Waals surface area contributed by atoms with Crippen LogP contribution >= 0.6 is 0 Å². The van der Waals surface area contributed by atoms with Crippen LogP contribution in [0.1, 0.15) is 29.6 Å². The van der Waals surface area contributed by atoms with E-state index in [1.54, 1.807) is 33.5 Å². The first-order valence-corrected chi connectivity index (χ1v) is 8.31. The lowest BCUT2D eigenvalue weighted by Crippen LogP contribution is -2.34. The van der Waals surface area contributed by atoms with Crippen molar-refractivity contribution in [2.24, 2.45) is 0 Å². The van der Waals surface area contributed by atoms with Crippen LogP contribution in [0.3, 0.4) is 0 Å². The maximum Gasteiger partial charge on any atom is 0.160 e. The van der Waals surface area contributed by atoms with Crippen LogP contribution in [0.15, 0.2) is 42.5 Å². The van der Waals surface area contributed by atoms with Crippen molar-refractivity contribution in [1.29, 1.82) is 0 Å². The van der Waals surface area contributed by atoms with Gasteiger partial charge in [-0.05, 0) is 41.8 Å². The Kier molecular flexibility index (Phi) is 5.46. The van der Waals surface area contributed by atoms with Crippen molar-refractivity contribution < 1.29 is 24.1 Å². The van der Waals surface area contributed by atoms with E-state index in [-0.39, 0.29) is 23.9 Å². The summed E-state index contributed by atoms with van der Waals surface area (Å²) in [5.74, 6) is 1.56. The number of phenols is 1. The summed E-state index contributed by atoms with van der Waals surface area (Å²) in [7, 11) is 4.89. The van der Waals surface area contributed by atoms with Gasteiger partial charge in [0.05, 0.1) is 33.0 Å². The summed E-state index contributed by atoms with van der Waals surface area (Å²) >= 11 is 0. The Labute approximate surface area is 148 Å². The van der Waals surface area contributed by atoms with Crippen LogP contribution in [0.2, 0.25) is 0 Å². The summed E-state index contributed by atoms with van der Waals surface area (Å²) in [6.45, 7) is 0.505. The predicted molar refractivity (Wildman–Crippen MR) is 94.5 cm³/mol. The third-order valence-corrected chi connectivity index (χ3v) is 4.80. The van der Waals surface area contributed by atoms with E-state index in [9.17, 15) is 5.11 Å². The van der Waals surface area contributed by atoms with Crippen LogP contribution in [0, 0.1) is 0 Å². The minimum Gasteiger partial charge on any atom is -0.504 e. The molecule has 0 bridgehead atoms. The summed E-state index contributed by atoms with van der Waals surface area (Å²) in [4.78, 5) is 0. The second kappa shape index (κ2) is 7.76. The molecular formula is C20H24O5. The summed E-state index contributed by atoms with van der Waals surface area (Å²) in [5, 5.41) is 10.1. The van der Waals surface area contributed by atoms with E-state index in [1.807, 2.05) is 30.3 Å². The Morgan fingerprint density at radius 3 is 2.28 bits per heavy atom. The Hall–Kier alpha value is -2.24. The van der Waals surface area contributed by atoms with E-state index in [4.69, 9.17) is 18.9 Å². The number of hydrogen-bond acceptors (Lipinski definition) is 5. The average Bonchev–Trinajstić information content (AvgIpc) is 2.67. The molecule has 2 aromatic carbocycles. The maximum atomic E-state index is 10.1. The number of hydrogen-bond donors (Lipinski definition) is 1. The van der Waals surface area contributed by atoms with Gasteiger partial charge >= 0.3 is 0 Å². The van der Waals surface area contributed by atoms with E-state index < -0.39 is 0 Å². The molecule has 0 amide bonds. The quantitative estimate of drug-likeness (QED) is 0.897. The van der Waals surface area contributed by atoms with Crippen molar-refractivity contribution in [1.82, 2.24) is 0 Å². The lowest BCUT2D eigenvalue weighted by atomic mass is 9.84. The van der Waals surface area contributed by atoms with Gasteiger partial charge in [-0.2, -0.15) is 0 Å². The number of methoxy groups -OCH3 is 3. The lowest BCUT2D eigenvalue weighted by Gasteiger charge is -2.36. The fourth-order valence-corrected chi connectivity index (χ4v) is 3.35. The highest BCUT2D eigenvalue weighted by molar-refractivity contribution is 5.43. The lowest BCUT2D eigenvalue weighted by molar-refractivity contribution is -0.0853. The molecule has 0 aliphatic carbocycles. The average molecular weight is 344 g/mol. The second-order valence-corrected chi connectivity index (χ2v) is 6.14. The van der Waals surface area contributed by atoms with Crippen LogP contribution in [-0.4, -0.2) is 39.1 Å². The van der Waals surface area contributed by atoms with Gasteiger partial charge in [-0.25, -0.2) is 0 Å².